The van der Waals surface area contributed by atoms with Crippen LogP contribution in [-0.2, 0) is 16.6 Å². The number of nitrogens with one attached hydrogen (secondary N) is 2. The highest BCUT2D eigenvalue weighted by atomic mass is 32.2. The van der Waals surface area contributed by atoms with Crippen LogP contribution < -0.4 is 24.2 Å². The van der Waals surface area contributed by atoms with Gasteiger partial charge in [0.25, 0.3) is 10.0 Å². The first kappa shape index (κ1) is 25.4. The predicted octanol–water partition coefficient (Wildman–Crippen LogP) is 5.59. The van der Waals surface area contributed by atoms with E-state index in [4.69, 9.17) is 14.2 Å². The number of sulfonamides is 1. The Morgan fingerprint density at radius 2 is 1.61 bits per heavy atom. The lowest BCUT2D eigenvalue weighted by Crippen LogP contribution is -2.12. The molecule has 196 valence electrons. The Morgan fingerprint density at radius 1 is 0.895 bits per heavy atom. The number of rotatable bonds is 9. The summed E-state index contributed by atoms with van der Waals surface area (Å²) in [5.74, 6) is 1.62. The second kappa shape index (κ2) is 10.3. The summed E-state index contributed by atoms with van der Waals surface area (Å²) in [4.78, 5) is 4.67. The number of aromatic hydroxyl groups is 1. The van der Waals surface area contributed by atoms with Crippen LogP contribution in [0.4, 0.5) is 10.8 Å². The van der Waals surface area contributed by atoms with Gasteiger partial charge < -0.3 is 24.6 Å². The van der Waals surface area contributed by atoms with Crippen LogP contribution in [0.5, 0.6) is 23.0 Å². The lowest BCUT2D eigenvalue weighted by atomic mass is 10.1. The van der Waals surface area contributed by atoms with E-state index in [1.807, 2.05) is 24.3 Å². The van der Waals surface area contributed by atoms with Gasteiger partial charge in [-0.1, -0.05) is 29.5 Å². The van der Waals surface area contributed by atoms with E-state index in [-0.39, 0.29) is 15.8 Å². The van der Waals surface area contributed by atoms with Crippen LogP contribution in [0.25, 0.3) is 21.0 Å². The molecule has 0 atom stereocenters. The van der Waals surface area contributed by atoms with Crippen LogP contribution in [0.3, 0.4) is 0 Å². The van der Waals surface area contributed by atoms with Crippen molar-refractivity contribution in [3.63, 3.8) is 0 Å². The molecule has 0 bridgehead atoms. The summed E-state index contributed by atoms with van der Waals surface area (Å²) < 4.78 is 45.5. The molecule has 0 aliphatic heterocycles. The number of ether oxygens (including phenoxy) is 3. The second-order valence-electron chi connectivity index (χ2n) is 8.31. The summed E-state index contributed by atoms with van der Waals surface area (Å²) in [7, 11) is 0.761. The Hall–Kier alpha value is -4.22. The van der Waals surface area contributed by atoms with Gasteiger partial charge in [-0.15, -0.1) is 0 Å². The highest BCUT2D eigenvalue weighted by Crippen LogP contribution is 2.38. The highest BCUT2D eigenvalue weighted by molar-refractivity contribution is 7.93. The zero-order chi connectivity index (χ0) is 26.9. The first-order valence-corrected chi connectivity index (χ1v) is 13.8. The quantitative estimate of drug-likeness (QED) is 0.217. The van der Waals surface area contributed by atoms with E-state index in [9.17, 15) is 13.5 Å². The molecule has 0 saturated carbocycles. The molecule has 5 aromatic rings. The van der Waals surface area contributed by atoms with Crippen LogP contribution in [0.2, 0.25) is 0 Å². The molecule has 11 heteroatoms. The molecule has 38 heavy (non-hydrogen) atoms. The lowest BCUT2D eigenvalue weighted by Gasteiger charge is -2.11. The minimum atomic E-state index is -3.87. The van der Waals surface area contributed by atoms with Crippen LogP contribution >= 0.6 is 11.3 Å². The molecular weight excluding hydrogens is 526 g/mol. The maximum absolute atomic E-state index is 13.1. The largest absolute Gasteiger partial charge is 0.504 e. The predicted molar refractivity (Wildman–Crippen MR) is 149 cm³/mol. The Kier molecular flexibility index (Phi) is 6.87. The Balaban J connectivity index is 1.35. The van der Waals surface area contributed by atoms with Gasteiger partial charge in [-0.05, 0) is 53.9 Å². The molecule has 0 saturated heterocycles. The van der Waals surface area contributed by atoms with Crippen molar-refractivity contribution in [3.05, 3.63) is 72.3 Å². The SMILES string of the molecule is COc1cc2ccc3sc(NS(=O)(=O)c4ccc(NCc5cccc(OC)c5O)cc4)nc3c2cc1OC. The van der Waals surface area contributed by atoms with E-state index < -0.39 is 10.0 Å². The van der Waals surface area contributed by atoms with E-state index in [0.717, 1.165) is 15.5 Å². The number of thiazole rings is 1. The summed E-state index contributed by atoms with van der Waals surface area (Å²) in [5.41, 5.74) is 2.02. The minimum Gasteiger partial charge on any atom is -0.504 e. The number of phenols is 1. The number of methoxy groups -OCH3 is 3. The first-order chi connectivity index (χ1) is 18.3. The average molecular weight is 552 g/mol. The first-order valence-electron chi connectivity index (χ1n) is 11.5. The second-order valence-corrected chi connectivity index (χ2v) is 11.0. The number of benzene rings is 4. The Morgan fingerprint density at radius 3 is 2.32 bits per heavy atom. The van der Waals surface area contributed by atoms with Crippen LogP contribution in [0.1, 0.15) is 5.56 Å². The third-order valence-corrected chi connectivity index (χ3v) is 8.47. The van der Waals surface area contributed by atoms with Crippen molar-refractivity contribution >= 4 is 53.2 Å². The summed E-state index contributed by atoms with van der Waals surface area (Å²) >= 11 is 1.25. The van der Waals surface area contributed by atoms with Crippen LogP contribution in [0.15, 0.2) is 71.6 Å². The van der Waals surface area contributed by atoms with E-state index >= 15 is 0 Å². The highest BCUT2D eigenvalue weighted by Gasteiger charge is 2.18. The van der Waals surface area contributed by atoms with Crippen molar-refractivity contribution in [1.29, 1.82) is 0 Å². The van der Waals surface area contributed by atoms with Gasteiger partial charge in [-0.3, -0.25) is 4.72 Å². The van der Waals surface area contributed by atoms with Gasteiger partial charge >= 0.3 is 0 Å². The van der Waals surface area contributed by atoms with Crippen molar-refractivity contribution in [2.24, 2.45) is 0 Å². The molecule has 5 rings (SSSR count). The topological polar surface area (TPSA) is 119 Å². The standard InChI is InChI=1S/C27H25N3O6S2/c1-34-21-6-4-5-17(26(21)31)15-28-18-8-10-19(11-9-18)38(32,33)30-27-29-25-20-14-23(36-3)22(35-2)13-16(20)7-12-24(25)37-27/h4-14,28,31H,15H2,1-3H3,(H,29,30). The number of aromatic nitrogens is 1. The maximum Gasteiger partial charge on any atom is 0.263 e. The molecule has 0 amide bonds. The molecule has 0 unspecified atom stereocenters. The Bertz CT molecular complexity index is 1730. The number of hydrogen-bond acceptors (Lipinski definition) is 9. The fourth-order valence-electron chi connectivity index (χ4n) is 4.08. The maximum atomic E-state index is 13.1. The number of fused-ring (bicyclic) bond motifs is 3. The van der Waals surface area contributed by atoms with Crippen molar-refractivity contribution < 1.29 is 27.7 Å². The third kappa shape index (κ3) is 4.85. The zero-order valence-electron chi connectivity index (χ0n) is 20.8. The molecule has 0 spiro atoms. The van der Waals surface area contributed by atoms with Crippen LogP contribution in [-0.4, -0.2) is 39.8 Å². The smallest absolute Gasteiger partial charge is 0.263 e. The van der Waals surface area contributed by atoms with Gasteiger partial charge in [-0.25, -0.2) is 13.4 Å². The molecule has 1 aromatic heterocycles. The molecule has 0 radical (unpaired) electrons. The van der Waals surface area contributed by atoms with Gasteiger partial charge in [0.15, 0.2) is 28.1 Å². The summed E-state index contributed by atoms with van der Waals surface area (Å²) in [6, 6.07) is 19.1. The van der Waals surface area contributed by atoms with Gasteiger partial charge in [0.2, 0.25) is 0 Å². The van der Waals surface area contributed by atoms with Gasteiger partial charge in [-0.2, -0.15) is 0 Å². The van der Waals surface area contributed by atoms with Gasteiger partial charge in [0.1, 0.15) is 0 Å². The molecule has 0 fully saturated rings. The van der Waals surface area contributed by atoms with E-state index in [2.05, 4.69) is 15.0 Å². The fraction of sp³-hybridized carbons (Fsp3) is 0.148. The number of phenolic OH excluding ortho intramolecular Hbond substituents is 1. The van der Waals surface area contributed by atoms with E-state index in [1.54, 1.807) is 44.6 Å². The molecule has 4 aromatic carbocycles. The van der Waals surface area contributed by atoms with Crippen molar-refractivity contribution in [3.8, 4) is 23.0 Å². The van der Waals surface area contributed by atoms with Crippen molar-refractivity contribution in [2.45, 2.75) is 11.4 Å². The number of anilines is 2. The van der Waals surface area contributed by atoms with Gasteiger partial charge in [0.05, 0.1) is 36.4 Å². The average Bonchev–Trinajstić information content (AvgIpc) is 3.34. The molecule has 0 aliphatic carbocycles. The number of hydrogen-bond donors (Lipinski definition) is 3. The molecular formula is C27H25N3O6S2. The summed E-state index contributed by atoms with van der Waals surface area (Å²) in [6.07, 6.45) is 0. The minimum absolute atomic E-state index is 0.0621. The lowest BCUT2D eigenvalue weighted by molar-refractivity contribution is 0.356. The number of para-hydroxylation sites is 1. The molecule has 9 nitrogen and oxygen atoms in total. The molecule has 1 heterocycles. The van der Waals surface area contributed by atoms with Crippen molar-refractivity contribution in [1.82, 2.24) is 4.98 Å². The zero-order valence-corrected chi connectivity index (χ0v) is 22.4. The fourth-order valence-corrected chi connectivity index (χ4v) is 6.20. The molecule has 0 aliphatic rings. The normalized spacial score (nSPS) is 11.4. The summed E-state index contributed by atoms with van der Waals surface area (Å²) in [5, 5.41) is 15.4. The van der Waals surface area contributed by atoms with Crippen molar-refractivity contribution in [2.75, 3.05) is 31.4 Å². The van der Waals surface area contributed by atoms with Crippen LogP contribution in [0, 0.1) is 0 Å². The van der Waals surface area contributed by atoms with E-state index in [0.29, 0.717) is 40.6 Å². The van der Waals surface area contributed by atoms with Gasteiger partial charge in [0, 0.05) is 23.2 Å². The number of nitrogens with zero attached hydrogens (tertiary/aromatic N) is 1. The monoisotopic (exact) mass is 551 g/mol. The Labute approximate surface area is 223 Å². The third-order valence-electron chi connectivity index (χ3n) is 6.05. The summed E-state index contributed by atoms with van der Waals surface area (Å²) in [6.45, 7) is 0.337. The molecule has 3 N–H and O–H groups in total. The van der Waals surface area contributed by atoms with E-state index in [1.165, 1.54) is 30.6 Å².